The summed E-state index contributed by atoms with van der Waals surface area (Å²) in [5.41, 5.74) is 1.35. The molecular weight excluding hydrogens is 586 g/mol. The number of carbonyl (C=O) groups is 1. The number of esters is 1. The average Bonchev–Trinajstić information content (AvgIpc) is 3.61. The first-order valence-corrected chi connectivity index (χ1v) is 14.7. The van der Waals surface area contributed by atoms with Gasteiger partial charge in [0.05, 0.1) is 36.2 Å². The molecule has 3 N–H and O–H groups in total. The topological polar surface area (TPSA) is 186 Å². The van der Waals surface area contributed by atoms with E-state index >= 15 is 0 Å². The van der Waals surface area contributed by atoms with Crippen LogP contribution < -0.4 is 16.0 Å². The number of hydrogen-bond acceptors (Lipinski definition) is 15. The maximum Gasteiger partial charge on any atom is 0.302 e. The number of aromatic nitrogens is 5. The fourth-order valence-electron chi connectivity index (χ4n) is 4.04. The number of nitriles is 1. The monoisotopic (exact) mass is 621 g/mol. The Labute approximate surface area is 258 Å². The molecule has 16 heteroatoms. The molecule has 232 valence electrons. The quantitative estimate of drug-likeness (QED) is 0.0881. The van der Waals surface area contributed by atoms with Crippen LogP contribution in [-0.4, -0.2) is 83.4 Å². The van der Waals surface area contributed by atoms with Gasteiger partial charge in [0.1, 0.15) is 11.6 Å². The summed E-state index contributed by atoms with van der Waals surface area (Å²) in [6.07, 6.45) is 2.10. The molecule has 0 radical (unpaired) electrons. The molecule has 0 fully saturated rings. The van der Waals surface area contributed by atoms with Crippen molar-refractivity contribution in [1.82, 2.24) is 24.7 Å². The van der Waals surface area contributed by atoms with Crippen molar-refractivity contribution in [3.63, 3.8) is 0 Å². The van der Waals surface area contributed by atoms with Crippen LogP contribution >= 0.6 is 11.3 Å². The number of para-hydroxylation sites is 1. The van der Waals surface area contributed by atoms with Gasteiger partial charge in [-0.25, -0.2) is 9.67 Å². The lowest BCUT2D eigenvalue weighted by atomic mass is 10.3. The smallest absolute Gasteiger partial charge is 0.302 e. The number of ether oxygens (including phenoxy) is 3. The predicted molar refractivity (Wildman–Crippen MR) is 167 cm³/mol. The average molecular weight is 622 g/mol. The number of hydrogen-bond donors (Lipinski definition) is 3. The van der Waals surface area contributed by atoms with Crippen molar-refractivity contribution in [2.45, 2.75) is 39.3 Å². The number of azo groups is 1. The third kappa shape index (κ3) is 8.66. The SMILES string of the molecule is COCC(C)Nc1nc(NCCCOC(C)=O)c(N=Nc2nn(-c3nc4ccccc4s3)cc2C#N)c(NC(C)COC)n1. The zero-order valence-electron chi connectivity index (χ0n) is 25.2. The summed E-state index contributed by atoms with van der Waals surface area (Å²) >= 11 is 1.45. The van der Waals surface area contributed by atoms with Crippen molar-refractivity contribution in [1.29, 1.82) is 5.26 Å². The Bertz CT molecular complexity index is 1600. The Morgan fingerprint density at radius 3 is 2.50 bits per heavy atom. The third-order valence-electron chi connectivity index (χ3n) is 5.93. The van der Waals surface area contributed by atoms with Crippen molar-refractivity contribution in [2.24, 2.45) is 10.2 Å². The van der Waals surface area contributed by atoms with E-state index in [-0.39, 0.29) is 36.0 Å². The van der Waals surface area contributed by atoms with Gasteiger partial charge in [-0.15, -0.1) is 15.3 Å². The summed E-state index contributed by atoms with van der Waals surface area (Å²) in [5, 5.41) is 33.6. The third-order valence-corrected chi connectivity index (χ3v) is 6.96. The van der Waals surface area contributed by atoms with Crippen molar-refractivity contribution in [3.05, 3.63) is 36.0 Å². The summed E-state index contributed by atoms with van der Waals surface area (Å²) in [4.78, 5) is 25.1. The molecule has 15 nitrogen and oxygen atoms in total. The molecule has 4 aromatic rings. The van der Waals surface area contributed by atoms with E-state index < -0.39 is 0 Å². The number of rotatable bonds is 16. The second-order valence-corrected chi connectivity index (χ2v) is 10.8. The van der Waals surface area contributed by atoms with E-state index in [4.69, 9.17) is 14.2 Å². The van der Waals surface area contributed by atoms with Gasteiger partial charge in [0, 0.05) is 39.8 Å². The van der Waals surface area contributed by atoms with Gasteiger partial charge in [0.25, 0.3) is 0 Å². The van der Waals surface area contributed by atoms with Gasteiger partial charge in [0.15, 0.2) is 17.3 Å². The molecule has 3 aromatic heterocycles. The number of nitrogens with one attached hydrogen (secondary N) is 3. The standard InChI is InChI=1S/C28H35N11O4S/c1-17(15-41-4)31-26-23(25(30-11-8-12-43-19(3)40)34-27(35-26)32-18(2)16-42-5)36-37-24-20(13-29)14-39(38-24)28-33-21-9-6-7-10-22(21)44-28/h6-7,9-10,14,17-18H,8,11-12,15-16H2,1-5H3,(H3,30,31,32,34,35). The molecule has 0 spiro atoms. The summed E-state index contributed by atoms with van der Waals surface area (Å²) < 4.78 is 18.1. The molecule has 0 aliphatic heterocycles. The number of fused-ring (bicyclic) bond motifs is 1. The zero-order chi connectivity index (χ0) is 31.5. The zero-order valence-corrected chi connectivity index (χ0v) is 26.0. The molecular formula is C28H35N11O4S. The second kappa shape index (κ2) is 15.7. The van der Waals surface area contributed by atoms with Gasteiger partial charge in [-0.2, -0.15) is 15.2 Å². The number of anilines is 3. The van der Waals surface area contributed by atoms with Gasteiger partial charge in [0.2, 0.25) is 16.9 Å². The van der Waals surface area contributed by atoms with Crippen LogP contribution in [0.5, 0.6) is 0 Å². The Balaban J connectivity index is 1.71. The van der Waals surface area contributed by atoms with Crippen LogP contribution in [0.25, 0.3) is 15.3 Å². The van der Waals surface area contributed by atoms with Crippen molar-refractivity contribution >= 4 is 56.6 Å². The Hall–Kier alpha value is -4.72. The molecule has 4 rings (SSSR count). The number of methoxy groups -OCH3 is 2. The largest absolute Gasteiger partial charge is 0.466 e. The normalized spacial score (nSPS) is 12.6. The van der Waals surface area contributed by atoms with E-state index in [9.17, 15) is 10.1 Å². The minimum atomic E-state index is -0.350. The Kier molecular flexibility index (Phi) is 11.5. The Morgan fingerprint density at radius 2 is 1.80 bits per heavy atom. The predicted octanol–water partition coefficient (Wildman–Crippen LogP) is 4.82. The van der Waals surface area contributed by atoms with Crippen LogP contribution in [0.2, 0.25) is 0 Å². The number of carbonyl (C=O) groups excluding carboxylic acids is 1. The van der Waals surface area contributed by atoms with Gasteiger partial charge in [-0.3, -0.25) is 4.79 Å². The van der Waals surface area contributed by atoms with Crippen LogP contribution in [0.15, 0.2) is 40.7 Å². The molecule has 0 aliphatic carbocycles. The van der Waals surface area contributed by atoms with Gasteiger partial charge in [-0.1, -0.05) is 23.5 Å². The van der Waals surface area contributed by atoms with Gasteiger partial charge in [-0.05, 0) is 32.4 Å². The summed E-state index contributed by atoms with van der Waals surface area (Å²) in [6.45, 7) is 6.74. The molecule has 44 heavy (non-hydrogen) atoms. The van der Waals surface area contributed by atoms with E-state index in [1.807, 2.05) is 38.1 Å². The number of nitrogens with zero attached hydrogens (tertiary/aromatic N) is 8. The van der Waals surface area contributed by atoms with Crippen molar-refractivity contribution in [2.75, 3.05) is 56.5 Å². The minimum Gasteiger partial charge on any atom is -0.466 e. The van der Waals surface area contributed by atoms with E-state index in [0.29, 0.717) is 54.6 Å². The summed E-state index contributed by atoms with van der Waals surface area (Å²) in [6, 6.07) is 9.65. The molecule has 0 saturated carbocycles. The maximum absolute atomic E-state index is 11.2. The van der Waals surface area contributed by atoms with Gasteiger partial charge >= 0.3 is 5.97 Å². The van der Waals surface area contributed by atoms with E-state index in [0.717, 1.165) is 10.2 Å². The van der Waals surface area contributed by atoms with Crippen LogP contribution in [0.3, 0.4) is 0 Å². The molecule has 0 amide bonds. The highest BCUT2D eigenvalue weighted by Gasteiger charge is 2.19. The highest BCUT2D eigenvalue weighted by Crippen LogP contribution is 2.35. The van der Waals surface area contributed by atoms with Gasteiger partial charge < -0.3 is 30.2 Å². The van der Waals surface area contributed by atoms with Crippen LogP contribution in [0.4, 0.5) is 29.1 Å². The molecule has 2 atom stereocenters. The van der Waals surface area contributed by atoms with Crippen molar-refractivity contribution in [3.8, 4) is 11.2 Å². The first-order chi connectivity index (χ1) is 21.3. The molecule has 0 aliphatic rings. The fraction of sp³-hybridized carbons (Fsp3) is 0.429. The first-order valence-electron chi connectivity index (χ1n) is 13.9. The number of thiazole rings is 1. The molecule has 2 unspecified atom stereocenters. The number of benzene rings is 1. The van der Waals surface area contributed by atoms with E-state index in [2.05, 4.69) is 52.3 Å². The lowest BCUT2D eigenvalue weighted by Gasteiger charge is -2.19. The fourth-order valence-corrected chi connectivity index (χ4v) is 4.93. The van der Waals surface area contributed by atoms with Crippen LogP contribution in [0.1, 0.15) is 32.8 Å². The molecule has 1 aromatic carbocycles. The Morgan fingerprint density at radius 1 is 1.07 bits per heavy atom. The second-order valence-electron chi connectivity index (χ2n) is 9.80. The molecule has 3 heterocycles. The van der Waals surface area contributed by atoms with Crippen molar-refractivity contribution < 1.29 is 19.0 Å². The maximum atomic E-state index is 11.2. The van der Waals surface area contributed by atoms with E-state index in [1.165, 1.54) is 22.9 Å². The molecule has 0 saturated heterocycles. The molecule has 0 bridgehead atoms. The summed E-state index contributed by atoms with van der Waals surface area (Å²) in [5.74, 6) is 0.847. The summed E-state index contributed by atoms with van der Waals surface area (Å²) in [7, 11) is 3.23. The highest BCUT2D eigenvalue weighted by atomic mass is 32.1. The van der Waals surface area contributed by atoms with E-state index in [1.54, 1.807) is 20.4 Å². The first kappa shape index (κ1) is 32.2. The lowest BCUT2D eigenvalue weighted by molar-refractivity contribution is -0.140. The van der Waals surface area contributed by atoms with Crippen LogP contribution in [-0.2, 0) is 19.0 Å². The highest BCUT2D eigenvalue weighted by molar-refractivity contribution is 7.20. The van der Waals surface area contributed by atoms with Crippen LogP contribution in [0, 0.1) is 11.3 Å². The minimum absolute atomic E-state index is 0.0850. The lowest BCUT2D eigenvalue weighted by Crippen LogP contribution is -2.25.